The van der Waals surface area contributed by atoms with E-state index in [9.17, 15) is 4.79 Å². The molecule has 5 rings (SSSR count). The minimum atomic E-state index is 0.0215. The van der Waals surface area contributed by atoms with E-state index in [1.165, 1.54) is 0 Å². The zero-order valence-electron chi connectivity index (χ0n) is 16.8. The molecule has 0 aliphatic carbocycles. The van der Waals surface area contributed by atoms with Gasteiger partial charge >= 0.3 is 0 Å². The van der Waals surface area contributed by atoms with E-state index >= 15 is 0 Å². The van der Waals surface area contributed by atoms with Crippen LogP contribution in [-0.2, 0) is 4.79 Å². The first-order chi connectivity index (χ1) is 14.0. The lowest BCUT2D eigenvalue weighted by atomic mass is 10.1. The fraction of sp³-hybridized carbons (Fsp3) is 0.381. The van der Waals surface area contributed by atoms with E-state index in [2.05, 4.69) is 46.3 Å². The van der Waals surface area contributed by atoms with Crippen molar-refractivity contribution in [2.45, 2.75) is 38.6 Å². The fourth-order valence-electron chi connectivity index (χ4n) is 4.26. The molecule has 2 aromatic heterocycles. The van der Waals surface area contributed by atoms with E-state index in [0.29, 0.717) is 20.7 Å². The lowest BCUT2D eigenvalue weighted by Gasteiger charge is -2.41. The summed E-state index contributed by atoms with van der Waals surface area (Å²) in [5.74, 6) is 0.0851. The highest BCUT2D eigenvalue weighted by atomic mass is 31.1. The normalized spacial score (nSPS) is 28.0. The first kappa shape index (κ1) is 18.5. The number of fused-ring (bicyclic) bond motifs is 2. The van der Waals surface area contributed by atoms with Gasteiger partial charge in [-0.25, -0.2) is 4.52 Å². The minimum Gasteiger partial charge on any atom is -0.367 e. The van der Waals surface area contributed by atoms with Crippen molar-refractivity contribution in [3.63, 3.8) is 0 Å². The van der Waals surface area contributed by atoms with Crippen molar-refractivity contribution in [1.82, 2.24) is 29.7 Å². The van der Waals surface area contributed by atoms with Crippen LogP contribution in [0, 0.1) is 6.92 Å². The maximum Gasteiger partial charge on any atom is 0.252 e. The van der Waals surface area contributed by atoms with E-state index in [4.69, 9.17) is 0 Å². The Balaban J connectivity index is 1.41. The SMILES string of the molecule is Cc1cn2nc(C3=CC(=O)N4C=C(N5CC(C)NC(C)C5)C=CC4P3)cc2cn1. The summed E-state index contributed by atoms with van der Waals surface area (Å²) in [5, 5.41) is 9.22. The lowest BCUT2D eigenvalue weighted by molar-refractivity contribution is -0.123. The van der Waals surface area contributed by atoms with Crippen molar-refractivity contribution >= 4 is 25.3 Å². The van der Waals surface area contributed by atoms with Crippen LogP contribution in [0.1, 0.15) is 25.2 Å². The molecular formula is C21H25N6OP. The number of carbonyl (C=O) groups is 1. The van der Waals surface area contributed by atoms with Gasteiger partial charge in [0.25, 0.3) is 5.91 Å². The van der Waals surface area contributed by atoms with Crippen molar-refractivity contribution < 1.29 is 4.79 Å². The van der Waals surface area contributed by atoms with E-state index in [-0.39, 0.29) is 11.7 Å². The molecule has 1 amide bonds. The first-order valence-corrected chi connectivity index (χ1v) is 11.1. The molecule has 0 aromatic carbocycles. The Kier molecular flexibility index (Phi) is 4.52. The highest BCUT2D eigenvalue weighted by Crippen LogP contribution is 2.44. The summed E-state index contributed by atoms with van der Waals surface area (Å²) in [4.78, 5) is 21.5. The minimum absolute atomic E-state index is 0.0215. The average molecular weight is 408 g/mol. The fourth-order valence-corrected chi connectivity index (χ4v) is 5.59. The Morgan fingerprint density at radius 3 is 2.83 bits per heavy atom. The van der Waals surface area contributed by atoms with Gasteiger partial charge in [-0.15, -0.1) is 0 Å². The number of piperazine rings is 1. The zero-order chi connectivity index (χ0) is 20.1. The second kappa shape index (κ2) is 7.08. The van der Waals surface area contributed by atoms with Crippen molar-refractivity contribution in [3.05, 3.63) is 60.0 Å². The number of aryl methyl sites for hydroxylation is 1. The van der Waals surface area contributed by atoms with Crippen LogP contribution in [0.2, 0.25) is 0 Å². The van der Waals surface area contributed by atoms with Gasteiger partial charge in [-0.05, 0) is 32.9 Å². The predicted octanol–water partition coefficient (Wildman–Crippen LogP) is 2.32. The number of nitrogens with zero attached hydrogens (tertiary/aromatic N) is 5. The molecule has 3 aliphatic rings. The predicted molar refractivity (Wildman–Crippen MR) is 116 cm³/mol. The van der Waals surface area contributed by atoms with Crippen molar-refractivity contribution in [3.8, 4) is 0 Å². The number of hydrogen-bond acceptors (Lipinski definition) is 5. The Bertz CT molecular complexity index is 1060. The molecule has 2 aromatic rings. The van der Waals surface area contributed by atoms with E-state index < -0.39 is 0 Å². The highest BCUT2D eigenvalue weighted by molar-refractivity contribution is 7.51. The van der Waals surface area contributed by atoms with Crippen LogP contribution in [0.3, 0.4) is 0 Å². The average Bonchev–Trinajstić information content (AvgIpc) is 3.10. The molecule has 7 nitrogen and oxygen atoms in total. The van der Waals surface area contributed by atoms with Gasteiger partial charge in [-0.2, -0.15) is 5.10 Å². The summed E-state index contributed by atoms with van der Waals surface area (Å²) >= 11 is 0. The molecule has 0 spiro atoms. The Morgan fingerprint density at radius 2 is 2.03 bits per heavy atom. The Labute approximate surface area is 171 Å². The number of carbonyl (C=O) groups excluding carboxylic acids is 1. The topological polar surface area (TPSA) is 65.8 Å². The summed E-state index contributed by atoms with van der Waals surface area (Å²) < 4.78 is 1.83. The number of rotatable bonds is 2. The zero-order valence-corrected chi connectivity index (χ0v) is 17.8. The second-order valence-corrected chi connectivity index (χ2v) is 9.53. The number of hydrogen-bond donors (Lipinski definition) is 1. The van der Waals surface area contributed by atoms with Crippen molar-refractivity contribution in [1.29, 1.82) is 0 Å². The summed E-state index contributed by atoms with van der Waals surface area (Å²) in [6, 6.07) is 2.87. The summed E-state index contributed by atoms with van der Waals surface area (Å²) in [5.41, 5.74) is 3.83. The van der Waals surface area contributed by atoms with Gasteiger partial charge in [-0.3, -0.25) is 9.78 Å². The van der Waals surface area contributed by atoms with Crippen molar-refractivity contribution in [2.75, 3.05) is 13.1 Å². The molecule has 4 unspecified atom stereocenters. The van der Waals surface area contributed by atoms with Crippen LogP contribution in [0.15, 0.2) is 48.6 Å². The Morgan fingerprint density at radius 1 is 1.24 bits per heavy atom. The molecule has 0 radical (unpaired) electrons. The molecule has 4 atom stereocenters. The van der Waals surface area contributed by atoms with Gasteiger partial charge in [-0.1, -0.05) is 14.7 Å². The van der Waals surface area contributed by atoms with E-state index in [0.717, 1.165) is 41.0 Å². The lowest BCUT2D eigenvalue weighted by Crippen LogP contribution is -2.54. The van der Waals surface area contributed by atoms with Crippen LogP contribution in [-0.4, -0.2) is 61.3 Å². The molecular weight excluding hydrogens is 383 g/mol. The summed E-state index contributed by atoms with van der Waals surface area (Å²) in [6.07, 6.45) is 11.8. The number of aromatic nitrogens is 3. The number of amides is 1. The third kappa shape index (κ3) is 3.49. The van der Waals surface area contributed by atoms with Gasteiger partial charge in [0.1, 0.15) is 0 Å². The molecule has 1 saturated heterocycles. The molecule has 1 N–H and O–H groups in total. The molecule has 150 valence electrons. The van der Waals surface area contributed by atoms with Crippen LogP contribution in [0.4, 0.5) is 0 Å². The van der Waals surface area contributed by atoms with Crippen LogP contribution in [0.5, 0.6) is 0 Å². The maximum atomic E-state index is 12.9. The van der Waals surface area contributed by atoms with Gasteiger partial charge in [0.15, 0.2) is 0 Å². The van der Waals surface area contributed by atoms with Gasteiger partial charge in [0.2, 0.25) is 0 Å². The third-order valence-electron chi connectivity index (χ3n) is 5.52. The quantitative estimate of drug-likeness (QED) is 0.773. The van der Waals surface area contributed by atoms with Crippen LogP contribution < -0.4 is 5.32 Å². The molecule has 0 bridgehead atoms. The first-order valence-electron chi connectivity index (χ1n) is 10.0. The monoisotopic (exact) mass is 408 g/mol. The molecule has 29 heavy (non-hydrogen) atoms. The van der Waals surface area contributed by atoms with Crippen LogP contribution >= 0.6 is 8.58 Å². The highest BCUT2D eigenvalue weighted by Gasteiger charge is 2.31. The van der Waals surface area contributed by atoms with E-state index in [1.807, 2.05) is 41.0 Å². The van der Waals surface area contributed by atoms with Gasteiger partial charge in [0.05, 0.1) is 40.8 Å². The van der Waals surface area contributed by atoms with E-state index in [1.54, 1.807) is 6.08 Å². The second-order valence-electron chi connectivity index (χ2n) is 8.11. The third-order valence-corrected chi connectivity index (χ3v) is 7.00. The standard InChI is InChI=1S/C21H25N6OP/c1-13-11-27-17(8-22-13)6-18(24-27)19-7-20(28)26-12-16(4-5-21(26)29-19)25-9-14(2)23-15(3)10-25/h4-8,11-12,14-15,21,23,29H,9-10H2,1-3H3. The van der Waals surface area contributed by atoms with Gasteiger partial charge < -0.3 is 15.1 Å². The summed E-state index contributed by atoms with van der Waals surface area (Å²) in [6.45, 7) is 8.25. The molecule has 0 saturated carbocycles. The number of nitrogens with one attached hydrogen (secondary N) is 1. The largest absolute Gasteiger partial charge is 0.367 e. The van der Waals surface area contributed by atoms with Crippen molar-refractivity contribution in [2.24, 2.45) is 0 Å². The van der Waals surface area contributed by atoms with Gasteiger partial charge in [0, 0.05) is 42.8 Å². The summed E-state index contributed by atoms with van der Waals surface area (Å²) in [7, 11) is 0.464. The Hall–Kier alpha value is -2.50. The number of allylic oxidation sites excluding steroid dienone is 1. The smallest absolute Gasteiger partial charge is 0.252 e. The maximum absolute atomic E-state index is 12.9. The molecule has 5 heterocycles. The molecule has 3 aliphatic heterocycles. The molecule has 1 fully saturated rings. The van der Waals surface area contributed by atoms with Crippen LogP contribution in [0.25, 0.3) is 10.8 Å². The molecule has 8 heteroatoms.